The predicted molar refractivity (Wildman–Crippen MR) is 63.6 cm³/mol. The number of hydrazine groups is 3. The fourth-order valence-corrected chi connectivity index (χ4v) is 0.919. The molecule has 0 aliphatic carbocycles. The summed E-state index contributed by atoms with van der Waals surface area (Å²) in [5, 5.41) is 5.85. The third-order valence-corrected chi connectivity index (χ3v) is 2.04. The van der Waals surface area contributed by atoms with Crippen molar-refractivity contribution >= 4 is 24.5 Å². The van der Waals surface area contributed by atoms with E-state index >= 15 is 0 Å². The van der Waals surface area contributed by atoms with Crippen molar-refractivity contribution in [2.45, 2.75) is 0 Å². The maximum atomic E-state index is 9.50. The average Bonchev–Trinajstić information content (AvgIpc) is 2.18. The summed E-state index contributed by atoms with van der Waals surface area (Å²) in [4.78, 5) is 28.5. The van der Waals surface area contributed by atoms with E-state index in [2.05, 4.69) is 16.3 Å². The first-order valence-corrected chi connectivity index (χ1v) is 8.17. The zero-order chi connectivity index (χ0) is 15.0. The van der Waals surface area contributed by atoms with Crippen LogP contribution in [0.3, 0.4) is 0 Å². The quantitative estimate of drug-likeness (QED) is 0.162. The number of rotatable bonds is 6. The molecule has 0 heterocycles. The molecule has 12 nitrogen and oxygen atoms in total. The summed E-state index contributed by atoms with van der Waals surface area (Å²) in [6.45, 7) is 0. The van der Waals surface area contributed by atoms with E-state index in [4.69, 9.17) is 0 Å². The molecule has 0 bridgehead atoms. The second kappa shape index (κ2) is 24.5. The predicted octanol–water partition coefficient (Wildman–Crippen LogP) is -4.62. The number of hydrogen-bond donors (Lipinski definition) is 6. The van der Waals surface area contributed by atoms with Crippen molar-refractivity contribution < 1.29 is 64.0 Å². The van der Waals surface area contributed by atoms with Crippen molar-refractivity contribution in [2.75, 3.05) is 21.1 Å². The Kier molecular flexibility index (Phi) is 37.0. The van der Waals surface area contributed by atoms with Crippen molar-refractivity contribution in [1.82, 2.24) is 31.9 Å². The van der Waals surface area contributed by atoms with Gasteiger partial charge in [-0.2, -0.15) is 0 Å². The third-order valence-electron chi connectivity index (χ3n) is 0.681. The van der Waals surface area contributed by atoms with Gasteiger partial charge in [0.05, 0.1) is 24.5 Å². The molecule has 16 heteroatoms. The molecule has 0 amide bonds. The van der Waals surface area contributed by atoms with Crippen LogP contribution >= 0.6 is 24.5 Å². The molecule has 0 spiro atoms. The first-order chi connectivity index (χ1) is 8.31. The Morgan fingerprint density at radius 2 is 0.789 bits per heavy atom. The monoisotopic (exact) mass is 466 g/mol. The summed E-state index contributed by atoms with van der Waals surface area (Å²) in [5.41, 5.74) is 6.71. The molecule has 0 saturated heterocycles. The summed E-state index contributed by atoms with van der Waals surface area (Å²) >= 11 is 0. The minimum Gasteiger partial charge on any atom is -0.789 e. The van der Waals surface area contributed by atoms with Crippen LogP contribution in [0.1, 0.15) is 0 Å². The van der Waals surface area contributed by atoms with Gasteiger partial charge in [-0.05, 0) is 21.1 Å². The Hall–Kier alpha value is 1.52. The van der Waals surface area contributed by atoms with Crippen LogP contribution in [-0.2, 0) is 13.7 Å². The molecule has 0 aromatic rings. The Bertz CT molecular complexity index is 210. The van der Waals surface area contributed by atoms with E-state index in [0.29, 0.717) is 0 Å². The van der Waals surface area contributed by atoms with E-state index < -0.39 is 24.5 Å². The van der Waals surface area contributed by atoms with Crippen LogP contribution in [0, 0.1) is 35.6 Å². The van der Waals surface area contributed by atoms with Gasteiger partial charge in [0, 0.05) is 0 Å². The molecule has 0 radical (unpaired) electrons. The molecule has 6 N–H and O–H groups in total. The number of nitrogens with one attached hydrogen (secondary N) is 6. The number of hydrogen-bond acceptors (Lipinski definition) is 9. The van der Waals surface area contributed by atoms with Gasteiger partial charge >= 0.3 is 35.6 Å². The first kappa shape index (κ1) is 28.7. The summed E-state index contributed by atoms with van der Waals surface area (Å²) < 4.78 is 28.5. The van der Waals surface area contributed by atoms with Gasteiger partial charge in [0.2, 0.25) is 0 Å². The SMILES string of the molecule is CNN[PH](=O)[O-].CNN[PH](=O)[O-].CNN[PH](=O)[O-].[La+3]. The average molecular weight is 466 g/mol. The van der Waals surface area contributed by atoms with Crippen LogP contribution in [0.2, 0.25) is 0 Å². The van der Waals surface area contributed by atoms with Crippen LogP contribution < -0.4 is 46.5 Å². The minimum atomic E-state index is -2.75. The van der Waals surface area contributed by atoms with Gasteiger partial charge in [-0.3, -0.25) is 16.3 Å². The van der Waals surface area contributed by atoms with E-state index in [0.717, 1.165) is 0 Å². The molecule has 0 aromatic carbocycles. The fourth-order valence-electron chi connectivity index (χ4n) is 0.306. The zero-order valence-electron chi connectivity index (χ0n) is 10.5. The van der Waals surface area contributed by atoms with E-state index in [1.807, 2.05) is 15.6 Å². The molecule has 0 rings (SSSR count). The molecule has 114 valence electrons. The molecular formula is C3H18LaN6O6P3. The van der Waals surface area contributed by atoms with Crippen molar-refractivity contribution in [1.29, 1.82) is 0 Å². The van der Waals surface area contributed by atoms with Crippen LogP contribution in [0.15, 0.2) is 0 Å². The van der Waals surface area contributed by atoms with Gasteiger partial charge in [-0.25, -0.2) is 15.6 Å². The zero-order valence-corrected chi connectivity index (χ0v) is 17.2. The molecule has 0 aliphatic heterocycles. The molecule has 0 fully saturated rings. The van der Waals surface area contributed by atoms with Crippen molar-refractivity contribution in [3.8, 4) is 0 Å². The van der Waals surface area contributed by atoms with Gasteiger partial charge in [0.1, 0.15) is 0 Å². The van der Waals surface area contributed by atoms with Crippen LogP contribution in [0.5, 0.6) is 0 Å². The Labute approximate surface area is 141 Å². The summed E-state index contributed by atoms with van der Waals surface area (Å²) in [5.74, 6) is 0. The Morgan fingerprint density at radius 1 is 0.632 bits per heavy atom. The second-order valence-electron chi connectivity index (χ2n) is 1.99. The summed E-state index contributed by atoms with van der Waals surface area (Å²) in [6, 6.07) is 0. The van der Waals surface area contributed by atoms with Crippen LogP contribution in [0.4, 0.5) is 0 Å². The van der Waals surface area contributed by atoms with Crippen LogP contribution in [0.25, 0.3) is 0 Å². The van der Waals surface area contributed by atoms with Gasteiger partial charge < -0.3 is 28.4 Å². The van der Waals surface area contributed by atoms with Crippen molar-refractivity contribution in [3.63, 3.8) is 0 Å². The maximum Gasteiger partial charge on any atom is 3.00 e. The normalized spacial score (nSPS) is 13.6. The summed E-state index contributed by atoms with van der Waals surface area (Å²) in [6.07, 6.45) is 0. The maximum absolute atomic E-state index is 9.50. The Morgan fingerprint density at radius 3 is 0.789 bits per heavy atom. The second-order valence-corrected chi connectivity index (χ2v) is 4.46. The van der Waals surface area contributed by atoms with Gasteiger partial charge in [0.25, 0.3) is 0 Å². The molecule has 19 heavy (non-hydrogen) atoms. The van der Waals surface area contributed by atoms with E-state index in [1.165, 1.54) is 21.1 Å². The van der Waals surface area contributed by atoms with E-state index in [-0.39, 0.29) is 35.6 Å². The minimum absolute atomic E-state index is 0. The van der Waals surface area contributed by atoms with Crippen molar-refractivity contribution in [3.05, 3.63) is 0 Å². The third kappa shape index (κ3) is 54.1. The van der Waals surface area contributed by atoms with Gasteiger partial charge in [-0.15, -0.1) is 0 Å². The topological polar surface area (TPSA) is 193 Å². The largest absolute Gasteiger partial charge is 3.00 e. The molecule has 3 unspecified atom stereocenters. The summed E-state index contributed by atoms with van der Waals surface area (Å²) in [7, 11) is -3.78. The molecular weight excluding hydrogens is 448 g/mol. The molecule has 0 aromatic heterocycles. The van der Waals surface area contributed by atoms with E-state index in [1.54, 1.807) is 0 Å². The van der Waals surface area contributed by atoms with Gasteiger partial charge in [0.15, 0.2) is 0 Å². The smallest absolute Gasteiger partial charge is 0.789 e. The van der Waals surface area contributed by atoms with E-state index in [9.17, 15) is 28.4 Å². The van der Waals surface area contributed by atoms with Crippen molar-refractivity contribution in [2.24, 2.45) is 0 Å². The molecule has 3 atom stereocenters. The standard InChI is InChI=1S/3CH7N2O2P.La/c3*1-2-3-6(4)5;/h3*2,6H,1H3,(H2,3,4,5);/q;;;+3/p-3. The molecule has 0 saturated carbocycles. The van der Waals surface area contributed by atoms with Crippen LogP contribution in [-0.4, -0.2) is 21.1 Å². The first-order valence-electron chi connectivity index (χ1n) is 4.22. The Balaban J connectivity index is -0.0000000865. The molecule has 0 aliphatic rings. The fraction of sp³-hybridized carbons (Fsp3) is 1.00. The van der Waals surface area contributed by atoms with Gasteiger partial charge in [-0.1, -0.05) is 0 Å².